The molecule has 4 saturated heterocycles. The van der Waals surface area contributed by atoms with Crippen molar-refractivity contribution in [3.63, 3.8) is 0 Å². The maximum atomic E-state index is 12.9. The quantitative estimate of drug-likeness (QED) is 0.286. The van der Waals surface area contributed by atoms with Crippen LogP contribution in [0.5, 0.6) is 5.75 Å². The van der Waals surface area contributed by atoms with Crippen molar-refractivity contribution >= 4 is 16.8 Å². The van der Waals surface area contributed by atoms with Gasteiger partial charge in [0.05, 0.1) is 12.7 Å². The predicted molar refractivity (Wildman–Crippen MR) is 194 cm³/mol. The molecule has 5 heterocycles. The molecule has 0 bridgehead atoms. The Morgan fingerprint density at radius 3 is 1.94 bits per heavy atom. The van der Waals surface area contributed by atoms with Crippen LogP contribution in [0.2, 0.25) is 0 Å². The van der Waals surface area contributed by atoms with Gasteiger partial charge >= 0.3 is 0 Å². The number of nitrogens with two attached hydrogens (primary N) is 1. The summed E-state index contributed by atoms with van der Waals surface area (Å²) in [6.45, 7) is 14.6. The Morgan fingerprint density at radius 1 is 0.771 bits per heavy atom. The zero-order chi connectivity index (χ0) is 33.1. The van der Waals surface area contributed by atoms with Gasteiger partial charge in [-0.3, -0.25) is 4.79 Å². The van der Waals surface area contributed by atoms with Gasteiger partial charge in [-0.1, -0.05) is 18.9 Å². The number of aromatic amines is 1. The van der Waals surface area contributed by atoms with Crippen LogP contribution in [-0.2, 0) is 0 Å². The molecule has 48 heavy (non-hydrogen) atoms. The van der Waals surface area contributed by atoms with Gasteiger partial charge in [-0.2, -0.15) is 0 Å². The summed E-state index contributed by atoms with van der Waals surface area (Å²) in [4.78, 5) is 26.4. The molecule has 0 spiro atoms. The lowest BCUT2D eigenvalue weighted by Gasteiger charge is -2.34. The van der Waals surface area contributed by atoms with E-state index in [0.717, 1.165) is 114 Å². The first kappa shape index (κ1) is 35.6. The molecular formula is C38H63N7O3. The summed E-state index contributed by atoms with van der Waals surface area (Å²) in [5.74, 6) is 1.59. The third-order valence-corrected chi connectivity index (χ3v) is 11.3. The van der Waals surface area contributed by atoms with E-state index in [1.807, 2.05) is 24.3 Å². The number of fused-ring (bicyclic) bond motifs is 1. The molecule has 1 aromatic carbocycles. The summed E-state index contributed by atoms with van der Waals surface area (Å²) in [6, 6.07) is 8.64. The number of amides is 1. The summed E-state index contributed by atoms with van der Waals surface area (Å²) in [7, 11) is 0. The standard InChI is InChI=1S/C26H38N4O2.C12H25N3O/c31-26(24-18-22-23(28-24)6-5-7-25(22)32-19-20-8-9-20)27-21-10-14-30(15-11-21)17-16-29-12-3-1-2-4-13-29;13-11-1-5-14(6-2-11)9-10-15-7-3-12(16)4-8-15/h5-7,18,20-21,28H,1-4,8-17,19H2,(H,27,31);11-12,16H,1-10,13H2. The van der Waals surface area contributed by atoms with Gasteiger partial charge in [0, 0.05) is 75.3 Å². The van der Waals surface area contributed by atoms with Crippen LogP contribution in [0.3, 0.4) is 0 Å². The number of hydrogen-bond donors (Lipinski definition) is 4. The van der Waals surface area contributed by atoms with Crippen molar-refractivity contribution in [1.29, 1.82) is 0 Å². The molecule has 5 N–H and O–H groups in total. The van der Waals surface area contributed by atoms with Crippen molar-refractivity contribution in [2.75, 3.05) is 85.1 Å². The maximum Gasteiger partial charge on any atom is 0.267 e. The molecule has 4 aliphatic heterocycles. The van der Waals surface area contributed by atoms with Crippen LogP contribution in [-0.4, -0.2) is 139 Å². The largest absolute Gasteiger partial charge is 0.493 e. The Kier molecular flexibility index (Phi) is 13.5. The minimum atomic E-state index is -0.0516. The van der Waals surface area contributed by atoms with E-state index in [-0.39, 0.29) is 18.1 Å². The topological polar surface area (TPSA) is 113 Å². The highest BCUT2D eigenvalue weighted by Gasteiger charge is 2.25. The molecule has 268 valence electrons. The summed E-state index contributed by atoms with van der Waals surface area (Å²) < 4.78 is 6.01. The molecule has 1 saturated carbocycles. The lowest BCUT2D eigenvalue weighted by molar-refractivity contribution is 0.0745. The van der Waals surface area contributed by atoms with Gasteiger partial charge in [-0.05, 0) is 115 Å². The third kappa shape index (κ3) is 11.2. The lowest BCUT2D eigenvalue weighted by atomic mass is 10.0. The molecule has 5 aliphatic rings. The normalized spacial score (nSPS) is 23.5. The van der Waals surface area contributed by atoms with E-state index in [2.05, 4.69) is 29.9 Å². The molecule has 10 nitrogen and oxygen atoms in total. The van der Waals surface area contributed by atoms with Crippen molar-refractivity contribution in [3.8, 4) is 5.75 Å². The third-order valence-electron chi connectivity index (χ3n) is 11.3. The number of ether oxygens (including phenoxy) is 1. The van der Waals surface area contributed by atoms with Gasteiger partial charge in [-0.15, -0.1) is 0 Å². The molecule has 1 amide bonds. The van der Waals surface area contributed by atoms with Gasteiger partial charge in [0.2, 0.25) is 0 Å². The van der Waals surface area contributed by atoms with E-state index in [4.69, 9.17) is 10.5 Å². The minimum Gasteiger partial charge on any atom is -0.493 e. The molecule has 1 aliphatic carbocycles. The van der Waals surface area contributed by atoms with Crippen molar-refractivity contribution in [2.24, 2.45) is 11.7 Å². The van der Waals surface area contributed by atoms with E-state index in [1.165, 1.54) is 64.7 Å². The second kappa shape index (κ2) is 18.2. The molecule has 2 aromatic rings. The van der Waals surface area contributed by atoms with E-state index >= 15 is 0 Å². The second-order valence-corrected chi connectivity index (χ2v) is 15.3. The van der Waals surface area contributed by atoms with Crippen molar-refractivity contribution in [1.82, 2.24) is 29.9 Å². The van der Waals surface area contributed by atoms with Crippen LogP contribution < -0.4 is 15.8 Å². The summed E-state index contributed by atoms with van der Waals surface area (Å²) in [5, 5.41) is 13.7. The Morgan fingerprint density at radius 2 is 1.33 bits per heavy atom. The first-order chi connectivity index (χ1) is 23.5. The fraction of sp³-hybridized carbons (Fsp3) is 0.763. The zero-order valence-corrected chi connectivity index (χ0v) is 29.4. The van der Waals surface area contributed by atoms with Gasteiger partial charge in [0.1, 0.15) is 11.4 Å². The van der Waals surface area contributed by atoms with E-state index in [0.29, 0.717) is 17.7 Å². The SMILES string of the molecule is NC1CCN(CCN2CCC(O)CC2)CC1.O=C(NC1CCN(CCN2CCCCCC2)CC1)c1cc2c(OCC3CC3)cccc2[nH]1. The number of rotatable bonds is 11. The maximum absolute atomic E-state index is 12.9. The molecule has 10 heteroatoms. The van der Waals surface area contributed by atoms with Crippen LogP contribution in [0.25, 0.3) is 10.9 Å². The summed E-state index contributed by atoms with van der Waals surface area (Å²) in [6.07, 6.45) is 14.3. The van der Waals surface area contributed by atoms with Gasteiger partial charge < -0.3 is 45.5 Å². The number of nitrogens with one attached hydrogen (secondary N) is 2. The number of aliphatic hydroxyl groups is 1. The van der Waals surface area contributed by atoms with Crippen molar-refractivity contribution in [3.05, 3.63) is 30.0 Å². The Bertz CT molecular complexity index is 1210. The van der Waals surface area contributed by atoms with Gasteiger partial charge in [0.25, 0.3) is 5.91 Å². The lowest BCUT2D eigenvalue weighted by Crippen LogP contribution is -2.46. The number of carbonyl (C=O) groups excluding carboxylic acids is 1. The van der Waals surface area contributed by atoms with Gasteiger partial charge in [-0.25, -0.2) is 0 Å². The van der Waals surface area contributed by atoms with E-state index in [9.17, 15) is 9.90 Å². The van der Waals surface area contributed by atoms with E-state index < -0.39 is 0 Å². The number of benzene rings is 1. The molecule has 7 rings (SSSR count). The number of nitrogens with zero attached hydrogens (tertiary/aromatic N) is 4. The summed E-state index contributed by atoms with van der Waals surface area (Å²) >= 11 is 0. The Labute approximate surface area is 288 Å². The summed E-state index contributed by atoms with van der Waals surface area (Å²) in [5.41, 5.74) is 7.48. The number of piperidine rings is 3. The molecule has 5 fully saturated rings. The molecule has 0 atom stereocenters. The fourth-order valence-electron chi connectivity index (χ4n) is 7.68. The average Bonchev–Trinajstić information content (AvgIpc) is 3.89. The van der Waals surface area contributed by atoms with Crippen LogP contribution in [0.4, 0.5) is 0 Å². The van der Waals surface area contributed by atoms with Crippen molar-refractivity contribution < 1.29 is 14.6 Å². The molecule has 0 radical (unpaired) electrons. The minimum absolute atomic E-state index is 0.00244. The Balaban J connectivity index is 0.000000211. The average molecular weight is 666 g/mol. The number of hydrogen-bond acceptors (Lipinski definition) is 8. The number of H-pyrrole nitrogens is 1. The monoisotopic (exact) mass is 665 g/mol. The molecule has 0 unspecified atom stereocenters. The van der Waals surface area contributed by atoms with Gasteiger partial charge in [0.15, 0.2) is 0 Å². The Hall–Kier alpha value is -2.21. The first-order valence-electron chi connectivity index (χ1n) is 19.4. The number of aromatic nitrogens is 1. The highest BCUT2D eigenvalue weighted by atomic mass is 16.5. The second-order valence-electron chi connectivity index (χ2n) is 15.3. The molecular weight excluding hydrogens is 602 g/mol. The highest BCUT2D eigenvalue weighted by molar-refractivity contribution is 5.99. The van der Waals surface area contributed by atoms with Crippen LogP contribution in [0, 0.1) is 5.92 Å². The number of aliphatic hydroxyl groups excluding tert-OH is 1. The highest BCUT2D eigenvalue weighted by Crippen LogP contribution is 2.32. The van der Waals surface area contributed by atoms with Crippen LogP contribution in [0.15, 0.2) is 24.3 Å². The first-order valence-corrected chi connectivity index (χ1v) is 19.4. The zero-order valence-electron chi connectivity index (χ0n) is 29.4. The van der Waals surface area contributed by atoms with Crippen molar-refractivity contribution in [2.45, 2.75) is 95.2 Å². The van der Waals surface area contributed by atoms with Crippen LogP contribution >= 0.6 is 0 Å². The van der Waals surface area contributed by atoms with Crippen LogP contribution in [0.1, 0.15) is 87.5 Å². The number of carbonyl (C=O) groups is 1. The fourth-order valence-corrected chi connectivity index (χ4v) is 7.68. The molecule has 1 aromatic heterocycles. The smallest absolute Gasteiger partial charge is 0.267 e. The van der Waals surface area contributed by atoms with E-state index in [1.54, 1.807) is 0 Å². The number of likely N-dealkylation sites (tertiary alicyclic amines) is 4. The predicted octanol–water partition coefficient (Wildman–Crippen LogP) is 3.89.